The first-order chi connectivity index (χ1) is 11.7. The highest BCUT2D eigenvalue weighted by Crippen LogP contribution is 2.17. The molecule has 2 atom stereocenters. The van der Waals surface area contributed by atoms with E-state index in [0.29, 0.717) is 18.2 Å². The minimum Gasteiger partial charge on any atom is -0.355 e. The molecule has 0 fully saturated rings. The molecular formula is C17H33IN6OS. The topological polar surface area (TPSA) is 84.2 Å². The van der Waals surface area contributed by atoms with Gasteiger partial charge in [0.05, 0.1) is 6.54 Å². The third kappa shape index (κ3) is 6.47. The van der Waals surface area contributed by atoms with Gasteiger partial charge in [-0.05, 0) is 27.2 Å². The number of aliphatic imine (C=N–C) groups is 1. The van der Waals surface area contributed by atoms with Crippen LogP contribution >= 0.6 is 24.0 Å². The quantitative estimate of drug-likeness (QED) is 0.371. The molecule has 26 heavy (non-hydrogen) atoms. The maximum atomic E-state index is 12.1. The number of aromatic nitrogens is 3. The van der Waals surface area contributed by atoms with Crippen LogP contribution in [0.1, 0.15) is 58.6 Å². The fourth-order valence-electron chi connectivity index (χ4n) is 2.65. The Morgan fingerprint density at radius 3 is 2.69 bits per heavy atom. The summed E-state index contributed by atoms with van der Waals surface area (Å²) in [5.74, 6) is 3.71. The molecule has 0 amide bonds. The Bertz CT molecular complexity index is 638. The van der Waals surface area contributed by atoms with Gasteiger partial charge in [0.1, 0.15) is 5.82 Å². The summed E-state index contributed by atoms with van der Waals surface area (Å²) in [6.07, 6.45) is 1.92. The van der Waals surface area contributed by atoms with E-state index in [-0.39, 0.29) is 34.8 Å². The number of nitrogens with zero attached hydrogens (tertiary/aromatic N) is 4. The number of guanidine groups is 1. The number of rotatable bonds is 5. The van der Waals surface area contributed by atoms with E-state index in [2.05, 4.69) is 39.6 Å². The molecule has 0 saturated carbocycles. The fraction of sp³-hybridized carbons (Fsp3) is 0.824. The van der Waals surface area contributed by atoms with Crippen LogP contribution in [-0.4, -0.2) is 55.1 Å². The number of fused-ring (bicyclic) bond motifs is 1. The van der Waals surface area contributed by atoms with Crippen molar-refractivity contribution in [1.29, 1.82) is 0 Å². The Hall–Kier alpha value is -0.710. The van der Waals surface area contributed by atoms with Crippen LogP contribution in [0.3, 0.4) is 0 Å². The molecule has 1 aliphatic heterocycles. The first-order valence-electron chi connectivity index (χ1n) is 9.00. The van der Waals surface area contributed by atoms with Gasteiger partial charge in [-0.15, -0.1) is 24.0 Å². The van der Waals surface area contributed by atoms with E-state index in [1.165, 1.54) is 0 Å². The Kier molecular flexibility index (Phi) is 8.98. The number of halogens is 1. The van der Waals surface area contributed by atoms with Gasteiger partial charge < -0.3 is 10.6 Å². The number of hydrogen-bond donors (Lipinski definition) is 2. The van der Waals surface area contributed by atoms with Crippen LogP contribution in [0, 0.1) is 0 Å². The maximum Gasteiger partial charge on any atom is 0.191 e. The highest BCUT2D eigenvalue weighted by Gasteiger charge is 2.23. The minimum absolute atomic E-state index is 0. The zero-order valence-corrected chi connectivity index (χ0v) is 19.9. The van der Waals surface area contributed by atoms with Gasteiger partial charge in [0.25, 0.3) is 0 Å². The molecule has 2 N–H and O–H groups in total. The zero-order valence-electron chi connectivity index (χ0n) is 16.7. The van der Waals surface area contributed by atoms with E-state index in [0.717, 1.165) is 37.0 Å². The first-order valence-corrected chi connectivity index (χ1v) is 10.3. The average molecular weight is 496 g/mol. The lowest BCUT2D eigenvalue weighted by Crippen LogP contribution is -2.48. The normalized spacial score (nSPS) is 18.9. The maximum absolute atomic E-state index is 12.1. The Morgan fingerprint density at radius 2 is 2.12 bits per heavy atom. The molecule has 150 valence electrons. The summed E-state index contributed by atoms with van der Waals surface area (Å²) in [5.41, 5.74) is 0. The molecular weight excluding hydrogens is 463 g/mol. The van der Waals surface area contributed by atoms with E-state index in [4.69, 9.17) is 0 Å². The second-order valence-corrected chi connectivity index (χ2v) is 10.1. The summed E-state index contributed by atoms with van der Waals surface area (Å²) >= 11 is 0. The van der Waals surface area contributed by atoms with Gasteiger partial charge in [-0.1, -0.05) is 13.8 Å². The predicted molar refractivity (Wildman–Crippen MR) is 119 cm³/mol. The average Bonchev–Trinajstić information content (AvgIpc) is 2.96. The molecule has 2 rings (SSSR count). The number of aryl methyl sites for hydroxylation is 1. The molecule has 1 aliphatic rings. The van der Waals surface area contributed by atoms with Crippen molar-refractivity contribution in [2.45, 2.75) is 70.7 Å². The molecule has 2 unspecified atom stereocenters. The highest BCUT2D eigenvalue weighted by atomic mass is 127. The molecule has 0 radical (unpaired) electrons. The summed E-state index contributed by atoms with van der Waals surface area (Å²) in [6.45, 7) is 11.7. The molecule has 0 bridgehead atoms. The van der Waals surface area contributed by atoms with Gasteiger partial charge in [-0.3, -0.25) is 9.20 Å². The molecule has 7 nitrogen and oxygen atoms in total. The van der Waals surface area contributed by atoms with Gasteiger partial charge in [-0.2, -0.15) is 5.10 Å². The zero-order chi connectivity index (χ0) is 18.6. The predicted octanol–water partition coefficient (Wildman–Crippen LogP) is 2.05. The van der Waals surface area contributed by atoms with E-state index in [1.54, 1.807) is 7.05 Å². The number of nitrogens with one attached hydrogen (secondary N) is 2. The van der Waals surface area contributed by atoms with Crippen molar-refractivity contribution in [1.82, 2.24) is 25.4 Å². The molecule has 0 aliphatic carbocycles. The molecule has 2 heterocycles. The van der Waals surface area contributed by atoms with E-state index >= 15 is 0 Å². The summed E-state index contributed by atoms with van der Waals surface area (Å²) in [5, 5.41) is 11.3. The SMILES string of the molecule is CN=C(NCCS(=O)C(C)(C)C)NC1CCc2nc(C(C)C)nn2C1.I. The Balaban J connectivity index is 0.00000338. The van der Waals surface area contributed by atoms with Crippen molar-refractivity contribution in [3.8, 4) is 0 Å². The third-order valence-electron chi connectivity index (χ3n) is 4.22. The Labute approximate surface area is 176 Å². The summed E-state index contributed by atoms with van der Waals surface area (Å²) in [4.78, 5) is 8.90. The van der Waals surface area contributed by atoms with Crippen LogP contribution in [0.2, 0.25) is 0 Å². The van der Waals surface area contributed by atoms with Gasteiger partial charge in [0, 0.05) is 53.3 Å². The van der Waals surface area contributed by atoms with Gasteiger partial charge in [-0.25, -0.2) is 9.67 Å². The molecule has 0 saturated heterocycles. The lowest BCUT2D eigenvalue weighted by molar-refractivity contribution is 0.392. The second-order valence-electron chi connectivity index (χ2n) is 7.76. The largest absolute Gasteiger partial charge is 0.355 e. The number of hydrogen-bond acceptors (Lipinski definition) is 4. The molecule has 1 aromatic rings. The van der Waals surface area contributed by atoms with E-state index < -0.39 is 10.8 Å². The van der Waals surface area contributed by atoms with Gasteiger partial charge in [0.2, 0.25) is 0 Å². The summed E-state index contributed by atoms with van der Waals surface area (Å²) in [7, 11) is 0.899. The van der Waals surface area contributed by atoms with Gasteiger partial charge >= 0.3 is 0 Å². The van der Waals surface area contributed by atoms with Crippen molar-refractivity contribution < 1.29 is 4.21 Å². The third-order valence-corrected chi connectivity index (χ3v) is 6.16. The van der Waals surface area contributed by atoms with E-state index in [9.17, 15) is 4.21 Å². The van der Waals surface area contributed by atoms with Crippen molar-refractivity contribution in [3.63, 3.8) is 0 Å². The van der Waals surface area contributed by atoms with Crippen LogP contribution < -0.4 is 10.6 Å². The molecule has 1 aromatic heterocycles. The summed E-state index contributed by atoms with van der Waals surface area (Å²) in [6, 6.07) is 0.272. The first kappa shape index (κ1) is 23.3. The molecule has 0 spiro atoms. The smallest absolute Gasteiger partial charge is 0.191 e. The molecule has 0 aromatic carbocycles. The van der Waals surface area contributed by atoms with Crippen LogP contribution in [-0.2, 0) is 23.8 Å². The van der Waals surface area contributed by atoms with Crippen molar-refractivity contribution in [2.75, 3.05) is 19.3 Å². The van der Waals surface area contributed by atoms with Crippen molar-refractivity contribution >= 4 is 40.7 Å². The fourth-order valence-corrected chi connectivity index (χ4v) is 3.55. The van der Waals surface area contributed by atoms with E-state index in [1.807, 2.05) is 25.5 Å². The lowest BCUT2D eigenvalue weighted by Gasteiger charge is -2.25. The summed E-state index contributed by atoms with van der Waals surface area (Å²) < 4.78 is 13.9. The lowest BCUT2D eigenvalue weighted by atomic mass is 10.1. The van der Waals surface area contributed by atoms with Crippen LogP contribution in [0.25, 0.3) is 0 Å². The van der Waals surface area contributed by atoms with Crippen LogP contribution in [0.15, 0.2) is 4.99 Å². The van der Waals surface area contributed by atoms with Crippen molar-refractivity contribution in [2.24, 2.45) is 4.99 Å². The Morgan fingerprint density at radius 1 is 1.42 bits per heavy atom. The van der Waals surface area contributed by atoms with Crippen LogP contribution in [0.4, 0.5) is 0 Å². The monoisotopic (exact) mass is 496 g/mol. The van der Waals surface area contributed by atoms with Crippen LogP contribution in [0.5, 0.6) is 0 Å². The minimum atomic E-state index is -0.862. The second kappa shape index (κ2) is 10.0. The highest BCUT2D eigenvalue weighted by molar-refractivity contribution is 14.0. The van der Waals surface area contributed by atoms with Crippen molar-refractivity contribution in [3.05, 3.63) is 11.6 Å². The molecule has 9 heteroatoms. The standard InChI is InChI=1S/C17H32N6OS.HI/c1-12(2)15-21-14-8-7-13(11-23(14)22-15)20-16(18-6)19-9-10-25(24)17(3,4)5;/h12-13H,7-11H2,1-6H3,(H2,18,19,20);1H. The van der Waals surface area contributed by atoms with Gasteiger partial charge in [0.15, 0.2) is 11.8 Å².